The van der Waals surface area contributed by atoms with Gasteiger partial charge in [-0.05, 0) is 55.1 Å². The second-order valence-electron chi connectivity index (χ2n) is 5.04. The molecular formula is C15H22BrFN2O2. The van der Waals surface area contributed by atoms with Crippen LogP contribution in [0.25, 0.3) is 0 Å². The van der Waals surface area contributed by atoms with Crippen LogP contribution in [0.1, 0.15) is 16.8 Å². The Hall–Kier alpha value is -0.980. The maximum absolute atomic E-state index is 13.6. The summed E-state index contributed by atoms with van der Waals surface area (Å²) in [6, 6.07) is 4.50. The SMILES string of the molecule is COCCN(CCCN(C)C)C(=O)c1cccc(F)c1Br. The first-order chi connectivity index (χ1) is 9.97. The fraction of sp³-hybridized carbons (Fsp3) is 0.533. The summed E-state index contributed by atoms with van der Waals surface area (Å²) in [6.07, 6.45) is 0.857. The van der Waals surface area contributed by atoms with E-state index >= 15 is 0 Å². The number of amides is 1. The predicted molar refractivity (Wildman–Crippen MR) is 85.1 cm³/mol. The Morgan fingerprint density at radius 2 is 2.00 bits per heavy atom. The minimum absolute atomic E-state index is 0.183. The zero-order chi connectivity index (χ0) is 15.8. The smallest absolute Gasteiger partial charge is 0.255 e. The van der Waals surface area contributed by atoms with E-state index in [9.17, 15) is 9.18 Å². The van der Waals surface area contributed by atoms with Crippen molar-refractivity contribution in [1.82, 2.24) is 9.80 Å². The lowest BCUT2D eigenvalue weighted by molar-refractivity contribution is 0.0688. The van der Waals surface area contributed by atoms with Gasteiger partial charge in [0.25, 0.3) is 5.91 Å². The highest BCUT2D eigenvalue weighted by Gasteiger charge is 2.19. The summed E-state index contributed by atoms with van der Waals surface area (Å²) < 4.78 is 18.8. The van der Waals surface area contributed by atoms with Gasteiger partial charge in [-0.3, -0.25) is 4.79 Å². The number of rotatable bonds is 8. The molecule has 0 fully saturated rings. The number of carbonyl (C=O) groups excluding carboxylic acids is 1. The molecule has 1 rings (SSSR count). The van der Waals surface area contributed by atoms with E-state index in [4.69, 9.17) is 4.74 Å². The van der Waals surface area contributed by atoms with Gasteiger partial charge in [0.1, 0.15) is 5.82 Å². The molecule has 0 atom stereocenters. The molecule has 0 radical (unpaired) electrons. The van der Waals surface area contributed by atoms with Crippen molar-refractivity contribution >= 4 is 21.8 Å². The van der Waals surface area contributed by atoms with E-state index in [2.05, 4.69) is 20.8 Å². The van der Waals surface area contributed by atoms with Gasteiger partial charge in [-0.2, -0.15) is 0 Å². The molecule has 0 N–H and O–H groups in total. The number of methoxy groups -OCH3 is 1. The summed E-state index contributed by atoms with van der Waals surface area (Å²) in [4.78, 5) is 16.3. The summed E-state index contributed by atoms with van der Waals surface area (Å²) in [7, 11) is 5.58. The highest BCUT2D eigenvalue weighted by Crippen LogP contribution is 2.22. The van der Waals surface area contributed by atoms with Crippen molar-refractivity contribution < 1.29 is 13.9 Å². The van der Waals surface area contributed by atoms with Gasteiger partial charge in [0.05, 0.1) is 16.6 Å². The van der Waals surface area contributed by atoms with Gasteiger partial charge in [-0.15, -0.1) is 0 Å². The lowest BCUT2D eigenvalue weighted by Gasteiger charge is -2.24. The standard InChI is InChI=1S/C15H22BrFN2O2/c1-18(2)8-5-9-19(10-11-21-3)15(20)12-6-4-7-13(17)14(12)16/h4,6-7H,5,8-11H2,1-3H3. The highest BCUT2D eigenvalue weighted by atomic mass is 79.9. The van der Waals surface area contributed by atoms with E-state index in [0.717, 1.165) is 13.0 Å². The Morgan fingerprint density at radius 1 is 1.29 bits per heavy atom. The molecule has 4 nitrogen and oxygen atoms in total. The van der Waals surface area contributed by atoms with Crippen LogP contribution in [0.2, 0.25) is 0 Å². The van der Waals surface area contributed by atoms with Crippen LogP contribution in [-0.4, -0.2) is 63.2 Å². The van der Waals surface area contributed by atoms with Crippen LogP contribution in [-0.2, 0) is 4.74 Å². The second kappa shape index (κ2) is 9.12. The molecule has 118 valence electrons. The molecule has 6 heteroatoms. The van der Waals surface area contributed by atoms with Gasteiger partial charge < -0.3 is 14.5 Å². The Labute approximate surface area is 134 Å². The van der Waals surface area contributed by atoms with E-state index in [1.807, 2.05) is 14.1 Å². The summed E-state index contributed by atoms with van der Waals surface area (Å²) in [5.74, 6) is -0.613. The largest absolute Gasteiger partial charge is 0.383 e. The molecule has 0 saturated heterocycles. The molecule has 1 aromatic carbocycles. The topological polar surface area (TPSA) is 32.8 Å². The van der Waals surface area contributed by atoms with Crippen molar-refractivity contribution in [3.63, 3.8) is 0 Å². The molecule has 0 aliphatic heterocycles. The number of halogens is 2. The average Bonchev–Trinajstić information content (AvgIpc) is 2.44. The number of ether oxygens (including phenoxy) is 1. The van der Waals surface area contributed by atoms with Gasteiger partial charge in [0.15, 0.2) is 0 Å². The molecule has 0 heterocycles. The number of hydrogen-bond acceptors (Lipinski definition) is 3. The number of hydrogen-bond donors (Lipinski definition) is 0. The van der Waals surface area contributed by atoms with Crippen LogP contribution < -0.4 is 0 Å². The highest BCUT2D eigenvalue weighted by molar-refractivity contribution is 9.10. The molecule has 0 unspecified atom stereocenters. The van der Waals surface area contributed by atoms with Crippen molar-refractivity contribution in [3.8, 4) is 0 Å². The van der Waals surface area contributed by atoms with E-state index in [1.165, 1.54) is 6.07 Å². The average molecular weight is 361 g/mol. The van der Waals surface area contributed by atoms with Crippen molar-refractivity contribution in [2.75, 3.05) is 47.4 Å². The van der Waals surface area contributed by atoms with Crippen molar-refractivity contribution in [2.45, 2.75) is 6.42 Å². The molecule has 0 saturated carbocycles. The van der Waals surface area contributed by atoms with Gasteiger partial charge in [-0.25, -0.2) is 4.39 Å². The summed E-state index contributed by atoms with van der Waals surface area (Å²) in [5.41, 5.74) is 0.343. The van der Waals surface area contributed by atoms with E-state index < -0.39 is 5.82 Å². The first kappa shape index (κ1) is 18.1. The maximum Gasteiger partial charge on any atom is 0.255 e. The molecular weight excluding hydrogens is 339 g/mol. The molecule has 1 amide bonds. The Kier molecular flexibility index (Phi) is 7.85. The Bertz CT molecular complexity index is 469. The Balaban J connectivity index is 2.80. The third kappa shape index (κ3) is 5.73. The molecule has 0 aromatic heterocycles. The zero-order valence-corrected chi connectivity index (χ0v) is 14.3. The fourth-order valence-electron chi connectivity index (χ4n) is 1.93. The third-order valence-electron chi connectivity index (χ3n) is 3.07. The third-order valence-corrected chi connectivity index (χ3v) is 3.87. The first-order valence-corrected chi connectivity index (χ1v) is 7.63. The molecule has 0 bridgehead atoms. The lowest BCUT2D eigenvalue weighted by Crippen LogP contribution is -2.36. The van der Waals surface area contributed by atoms with Gasteiger partial charge in [-0.1, -0.05) is 6.07 Å². The summed E-state index contributed by atoms with van der Waals surface area (Å²) in [5, 5.41) is 0. The van der Waals surface area contributed by atoms with Crippen molar-refractivity contribution in [1.29, 1.82) is 0 Å². The van der Waals surface area contributed by atoms with Gasteiger partial charge in [0.2, 0.25) is 0 Å². The summed E-state index contributed by atoms with van der Waals surface area (Å²) >= 11 is 3.15. The predicted octanol–water partition coefficient (Wildman–Crippen LogP) is 2.63. The number of carbonyl (C=O) groups is 1. The minimum Gasteiger partial charge on any atom is -0.383 e. The van der Waals surface area contributed by atoms with Crippen molar-refractivity contribution in [3.05, 3.63) is 34.1 Å². The maximum atomic E-state index is 13.6. The van der Waals surface area contributed by atoms with Crippen LogP contribution in [0.3, 0.4) is 0 Å². The van der Waals surface area contributed by atoms with E-state index in [1.54, 1.807) is 24.1 Å². The van der Waals surface area contributed by atoms with E-state index in [-0.39, 0.29) is 10.4 Å². The molecule has 1 aromatic rings. The fourth-order valence-corrected chi connectivity index (χ4v) is 2.37. The number of benzene rings is 1. The van der Waals surface area contributed by atoms with Crippen LogP contribution in [0.5, 0.6) is 0 Å². The van der Waals surface area contributed by atoms with Gasteiger partial charge >= 0.3 is 0 Å². The molecule has 0 spiro atoms. The van der Waals surface area contributed by atoms with E-state index in [0.29, 0.717) is 25.3 Å². The monoisotopic (exact) mass is 360 g/mol. The molecule has 0 aliphatic rings. The van der Waals surface area contributed by atoms with Crippen molar-refractivity contribution in [2.24, 2.45) is 0 Å². The van der Waals surface area contributed by atoms with Crippen LogP contribution in [0, 0.1) is 5.82 Å². The quantitative estimate of drug-likeness (QED) is 0.714. The van der Waals surface area contributed by atoms with Crippen LogP contribution in [0.15, 0.2) is 22.7 Å². The zero-order valence-electron chi connectivity index (χ0n) is 12.7. The summed E-state index contributed by atoms with van der Waals surface area (Å²) in [6.45, 7) is 2.46. The first-order valence-electron chi connectivity index (χ1n) is 6.84. The Morgan fingerprint density at radius 3 is 2.62 bits per heavy atom. The molecule has 0 aliphatic carbocycles. The van der Waals surface area contributed by atoms with Gasteiger partial charge in [0, 0.05) is 20.2 Å². The molecule has 21 heavy (non-hydrogen) atoms. The number of nitrogens with zero attached hydrogens (tertiary/aromatic N) is 2. The second-order valence-corrected chi connectivity index (χ2v) is 5.84. The normalized spacial score (nSPS) is 11.0. The lowest BCUT2D eigenvalue weighted by atomic mass is 10.2. The minimum atomic E-state index is -0.430. The van der Waals surface area contributed by atoms with Crippen LogP contribution >= 0.6 is 15.9 Å². The van der Waals surface area contributed by atoms with Crippen LogP contribution in [0.4, 0.5) is 4.39 Å².